The van der Waals surface area contributed by atoms with Crippen molar-refractivity contribution in [3.8, 4) is 0 Å². The molecule has 2 N–H and O–H groups in total. The number of hydrogen-bond donors (Lipinski definition) is 2. The predicted octanol–water partition coefficient (Wildman–Crippen LogP) is 2.14. The van der Waals surface area contributed by atoms with E-state index >= 15 is 0 Å². The van der Waals surface area contributed by atoms with Crippen LogP contribution in [0.2, 0.25) is 0 Å². The minimum atomic E-state index is -0.376. The second kappa shape index (κ2) is 8.27. The first kappa shape index (κ1) is 20.5. The Morgan fingerprint density at radius 2 is 1.97 bits per heavy atom. The number of rotatable bonds is 3. The Hall–Kier alpha value is -3.39. The number of aromatic nitrogens is 1. The smallest absolute Gasteiger partial charge is 0.261 e. The lowest BCUT2D eigenvalue weighted by molar-refractivity contribution is 0.0734. The van der Waals surface area contributed by atoms with Crippen molar-refractivity contribution in [2.24, 2.45) is 0 Å². The van der Waals surface area contributed by atoms with Crippen LogP contribution in [0.4, 0.5) is 0 Å². The van der Waals surface area contributed by atoms with Gasteiger partial charge in [0.15, 0.2) is 0 Å². The Balaban J connectivity index is 1.35. The van der Waals surface area contributed by atoms with Gasteiger partial charge in [-0.15, -0.1) is 0 Å². The molecule has 2 aromatic heterocycles. The summed E-state index contributed by atoms with van der Waals surface area (Å²) in [4.78, 5) is 45.3. The summed E-state index contributed by atoms with van der Waals surface area (Å²) in [6, 6.07) is 7.29. The average Bonchev–Trinajstić information content (AvgIpc) is 3.27. The van der Waals surface area contributed by atoms with Crippen molar-refractivity contribution in [3.63, 3.8) is 0 Å². The molecule has 1 aromatic carbocycles. The number of amides is 2. The maximum Gasteiger partial charge on any atom is 0.261 e. The maximum atomic E-state index is 13.1. The summed E-state index contributed by atoms with van der Waals surface area (Å²) in [5.74, 6) is -0.398. The zero-order chi connectivity index (χ0) is 22.2. The highest BCUT2D eigenvalue weighted by molar-refractivity contribution is 5.98. The van der Waals surface area contributed by atoms with Crippen LogP contribution in [0.3, 0.4) is 0 Å². The lowest BCUT2D eigenvalue weighted by Gasteiger charge is -2.31. The van der Waals surface area contributed by atoms with Gasteiger partial charge in [0, 0.05) is 36.3 Å². The highest BCUT2D eigenvalue weighted by Crippen LogP contribution is 2.24. The van der Waals surface area contributed by atoms with E-state index in [0.717, 1.165) is 48.0 Å². The van der Waals surface area contributed by atoms with Crippen LogP contribution in [0.25, 0.3) is 11.0 Å². The number of carbonyl (C=O) groups excluding carboxylic acids is 2. The van der Waals surface area contributed by atoms with Gasteiger partial charge in [-0.25, -0.2) is 0 Å². The number of furan rings is 1. The highest BCUT2D eigenvalue weighted by Gasteiger charge is 2.28. The molecule has 4 heterocycles. The van der Waals surface area contributed by atoms with E-state index in [2.05, 4.69) is 22.2 Å². The van der Waals surface area contributed by atoms with E-state index in [9.17, 15) is 14.4 Å². The normalized spacial score (nSPS) is 17.3. The number of likely N-dealkylation sites (tertiary alicyclic amines) is 1. The number of piperidine rings is 1. The van der Waals surface area contributed by atoms with Gasteiger partial charge in [0.05, 0.1) is 6.26 Å². The number of pyridine rings is 1. The van der Waals surface area contributed by atoms with Gasteiger partial charge in [0.2, 0.25) is 0 Å². The van der Waals surface area contributed by atoms with E-state index in [0.29, 0.717) is 25.1 Å². The molecule has 2 aliphatic heterocycles. The van der Waals surface area contributed by atoms with Crippen molar-refractivity contribution in [1.82, 2.24) is 20.1 Å². The molecule has 0 radical (unpaired) electrons. The molecule has 166 valence electrons. The van der Waals surface area contributed by atoms with Crippen molar-refractivity contribution in [2.45, 2.75) is 31.8 Å². The Morgan fingerprint density at radius 3 is 2.78 bits per heavy atom. The average molecular weight is 434 g/mol. The Bertz CT molecular complexity index is 1240. The topological polar surface area (TPSA) is 98.6 Å². The lowest BCUT2D eigenvalue weighted by Crippen LogP contribution is -2.45. The molecule has 2 amide bonds. The number of aromatic amines is 1. The molecule has 8 heteroatoms. The molecule has 0 bridgehead atoms. The zero-order valence-electron chi connectivity index (χ0n) is 18.0. The van der Waals surface area contributed by atoms with Crippen LogP contribution in [-0.4, -0.2) is 59.3 Å². The molecule has 0 saturated carbocycles. The minimum absolute atomic E-state index is 0.0773. The van der Waals surface area contributed by atoms with Crippen LogP contribution < -0.4 is 10.9 Å². The quantitative estimate of drug-likeness (QED) is 0.658. The SMILES string of the molecule is CN1CCC(NC(=O)c2c3c(c[nH]c2=O)CN(C(=O)c2ccc4occc4c2)CC3)CC1. The molecule has 0 spiro atoms. The number of fused-ring (bicyclic) bond motifs is 2. The van der Waals surface area contributed by atoms with Gasteiger partial charge in [-0.2, -0.15) is 0 Å². The summed E-state index contributed by atoms with van der Waals surface area (Å²) < 4.78 is 5.35. The first-order valence-electron chi connectivity index (χ1n) is 11.0. The van der Waals surface area contributed by atoms with Crippen LogP contribution in [0.5, 0.6) is 0 Å². The van der Waals surface area contributed by atoms with Crippen LogP contribution in [-0.2, 0) is 13.0 Å². The molecule has 32 heavy (non-hydrogen) atoms. The van der Waals surface area contributed by atoms with E-state index in [4.69, 9.17) is 4.42 Å². The molecule has 0 atom stereocenters. The molecule has 2 aliphatic rings. The number of nitrogens with zero attached hydrogens (tertiary/aromatic N) is 2. The number of carbonyl (C=O) groups is 2. The molecule has 8 nitrogen and oxygen atoms in total. The molecule has 0 aliphatic carbocycles. The van der Waals surface area contributed by atoms with Crippen molar-refractivity contribution >= 4 is 22.8 Å². The fraction of sp³-hybridized carbons (Fsp3) is 0.375. The number of benzene rings is 1. The number of H-pyrrole nitrogens is 1. The Kier molecular flexibility index (Phi) is 5.30. The molecule has 1 fully saturated rings. The van der Waals surface area contributed by atoms with E-state index in [1.54, 1.807) is 29.5 Å². The largest absolute Gasteiger partial charge is 0.464 e. The van der Waals surface area contributed by atoms with E-state index in [1.807, 2.05) is 12.1 Å². The molecule has 5 rings (SSSR count). The van der Waals surface area contributed by atoms with Crippen molar-refractivity contribution in [3.05, 3.63) is 69.3 Å². The monoisotopic (exact) mass is 434 g/mol. The predicted molar refractivity (Wildman–Crippen MR) is 120 cm³/mol. The summed E-state index contributed by atoms with van der Waals surface area (Å²) >= 11 is 0. The summed E-state index contributed by atoms with van der Waals surface area (Å²) in [7, 11) is 2.07. The van der Waals surface area contributed by atoms with Crippen molar-refractivity contribution < 1.29 is 14.0 Å². The summed E-state index contributed by atoms with van der Waals surface area (Å²) in [5.41, 5.74) is 2.69. The standard InChI is InChI=1S/C24H26N4O4/c1-27-8-4-18(5-9-27)26-23(30)21-19-6-10-28(14-17(19)13-25-22(21)29)24(31)16-2-3-20-15(12-16)7-11-32-20/h2-3,7,11-13,18H,4-6,8-10,14H2,1H3,(H,25,29)(H,26,30). The van der Waals surface area contributed by atoms with Crippen molar-refractivity contribution in [2.75, 3.05) is 26.7 Å². The van der Waals surface area contributed by atoms with Gasteiger partial charge >= 0.3 is 0 Å². The van der Waals surface area contributed by atoms with Gasteiger partial charge in [-0.1, -0.05) is 0 Å². The van der Waals surface area contributed by atoms with Gasteiger partial charge in [-0.05, 0) is 74.8 Å². The summed E-state index contributed by atoms with van der Waals surface area (Å²) in [6.07, 6.45) is 5.44. The highest BCUT2D eigenvalue weighted by atomic mass is 16.3. The zero-order valence-corrected chi connectivity index (χ0v) is 18.0. The first-order valence-corrected chi connectivity index (χ1v) is 11.0. The third kappa shape index (κ3) is 3.82. The Morgan fingerprint density at radius 1 is 1.16 bits per heavy atom. The van der Waals surface area contributed by atoms with Gasteiger partial charge in [-0.3, -0.25) is 14.4 Å². The first-order chi connectivity index (χ1) is 15.5. The second-order valence-electron chi connectivity index (χ2n) is 8.70. The molecule has 3 aromatic rings. The van der Waals surface area contributed by atoms with Crippen molar-refractivity contribution in [1.29, 1.82) is 0 Å². The molecular weight excluding hydrogens is 408 g/mol. The van der Waals surface area contributed by atoms with E-state index in [-0.39, 0.29) is 29.0 Å². The minimum Gasteiger partial charge on any atom is -0.464 e. The number of hydrogen-bond acceptors (Lipinski definition) is 5. The number of nitrogens with one attached hydrogen (secondary N) is 2. The molecule has 0 unspecified atom stereocenters. The van der Waals surface area contributed by atoms with Gasteiger partial charge < -0.3 is 24.5 Å². The Labute approximate surface area is 185 Å². The second-order valence-corrected chi connectivity index (χ2v) is 8.70. The van der Waals surface area contributed by atoms with E-state index < -0.39 is 0 Å². The molecule has 1 saturated heterocycles. The third-order valence-electron chi connectivity index (χ3n) is 6.55. The van der Waals surface area contributed by atoms with E-state index in [1.165, 1.54) is 0 Å². The van der Waals surface area contributed by atoms with Crippen LogP contribution >= 0.6 is 0 Å². The lowest BCUT2D eigenvalue weighted by atomic mass is 9.95. The fourth-order valence-corrected chi connectivity index (χ4v) is 4.67. The third-order valence-corrected chi connectivity index (χ3v) is 6.55. The molecular formula is C24H26N4O4. The van der Waals surface area contributed by atoms with Crippen LogP contribution in [0.1, 0.15) is 44.7 Å². The maximum absolute atomic E-state index is 13.1. The van der Waals surface area contributed by atoms with Crippen LogP contribution in [0, 0.1) is 0 Å². The summed E-state index contributed by atoms with van der Waals surface area (Å²) in [5, 5.41) is 3.93. The summed E-state index contributed by atoms with van der Waals surface area (Å²) in [6.45, 7) is 2.65. The van der Waals surface area contributed by atoms with Gasteiger partial charge in [0.1, 0.15) is 11.1 Å². The van der Waals surface area contributed by atoms with Gasteiger partial charge in [0.25, 0.3) is 17.4 Å². The fourth-order valence-electron chi connectivity index (χ4n) is 4.67. The van der Waals surface area contributed by atoms with Crippen LogP contribution in [0.15, 0.2) is 45.9 Å².